The zero-order chi connectivity index (χ0) is 28.6. The van der Waals surface area contributed by atoms with Crippen LogP contribution in [0.25, 0.3) is 20.7 Å². The summed E-state index contributed by atoms with van der Waals surface area (Å²) < 4.78 is 8.08. The zero-order valence-electron chi connectivity index (χ0n) is 23.3. The maximum Gasteiger partial charge on any atom is 0.142 e. The van der Waals surface area contributed by atoms with Gasteiger partial charge in [-0.25, -0.2) is 9.97 Å². The fourth-order valence-electron chi connectivity index (χ4n) is 5.65. The van der Waals surface area contributed by atoms with Crippen molar-refractivity contribution in [2.75, 3.05) is 45.1 Å². The Bertz CT molecular complexity index is 1740. The molecular weight excluding hydrogens is 589 g/mol. The molecule has 1 aliphatic heterocycles. The first-order valence-corrected chi connectivity index (χ1v) is 15.8. The van der Waals surface area contributed by atoms with E-state index in [1.54, 1.807) is 17.7 Å². The highest BCUT2D eigenvalue weighted by molar-refractivity contribution is 7.22. The van der Waals surface area contributed by atoms with Crippen LogP contribution in [0.1, 0.15) is 16.8 Å². The van der Waals surface area contributed by atoms with Crippen LogP contribution >= 0.6 is 34.5 Å². The molecule has 3 aromatic heterocycles. The molecule has 216 valence electrons. The number of benzene rings is 2. The second kappa shape index (κ2) is 11.8. The van der Waals surface area contributed by atoms with E-state index in [1.165, 1.54) is 21.7 Å². The van der Waals surface area contributed by atoms with Gasteiger partial charge in [0.1, 0.15) is 29.3 Å². The molecule has 2 aromatic carbocycles. The quantitative estimate of drug-likeness (QED) is 0.212. The lowest BCUT2D eigenvalue weighted by Gasteiger charge is -2.32. The van der Waals surface area contributed by atoms with E-state index in [-0.39, 0.29) is 0 Å². The molecule has 0 unspecified atom stereocenters. The van der Waals surface area contributed by atoms with Gasteiger partial charge in [0.05, 0.1) is 22.6 Å². The molecule has 11 heteroatoms. The largest absolute Gasteiger partial charge is 0.487 e. The molecule has 1 aliphatic carbocycles. The molecule has 0 radical (unpaired) electrons. The standard InChI is InChI=1S/C31H31Cl2N7OS/c1-38-10-12-39(13-11-38)14-15-40-17-23-26(37-40)8-7-22-28-30(34-19-35-31(28)42-29(22)23)36-21-6-9-27(25(33)16-21)41-18-20-4-2-3-5-24(20)32/h2-6,9,16-17,19H,7-8,10-15,18H2,1H3,(H,34,35,36). The van der Waals surface area contributed by atoms with E-state index in [4.69, 9.17) is 33.0 Å². The topological polar surface area (TPSA) is 71.3 Å². The molecular formula is C31H31Cl2N7OS. The van der Waals surface area contributed by atoms with E-state index in [2.05, 4.69) is 43.0 Å². The minimum absolute atomic E-state index is 0.341. The van der Waals surface area contributed by atoms with Crippen LogP contribution in [0.3, 0.4) is 0 Å². The second-order valence-corrected chi connectivity index (χ2v) is 12.7. The Balaban J connectivity index is 1.09. The Labute approximate surface area is 258 Å². The first-order valence-electron chi connectivity index (χ1n) is 14.2. The molecule has 1 saturated heterocycles. The molecule has 0 bridgehead atoms. The van der Waals surface area contributed by atoms with Gasteiger partial charge in [0, 0.05) is 65.6 Å². The number of hydrogen-bond acceptors (Lipinski definition) is 8. The molecule has 42 heavy (non-hydrogen) atoms. The third-order valence-corrected chi connectivity index (χ3v) is 9.90. The number of nitrogens with zero attached hydrogens (tertiary/aromatic N) is 6. The molecule has 1 fully saturated rings. The number of halogens is 2. The number of rotatable bonds is 8. The normalized spacial score (nSPS) is 15.5. The summed E-state index contributed by atoms with van der Waals surface area (Å²) in [6.07, 6.45) is 5.67. The molecule has 4 heterocycles. The summed E-state index contributed by atoms with van der Waals surface area (Å²) in [6, 6.07) is 13.3. The summed E-state index contributed by atoms with van der Waals surface area (Å²) in [4.78, 5) is 16.4. The second-order valence-electron chi connectivity index (χ2n) is 10.9. The van der Waals surface area contributed by atoms with Crippen molar-refractivity contribution in [3.05, 3.63) is 81.9 Å². The van der Waals surface area contributed by atoms with E-state index in [0.29, 0.717) is 22.4 Å². The van der Waals surface area contributed by atoms with E-state index in [1.807, 2.05) is 42.5 Å². The highest BCUT2D eigenvalue weighted by Crippen LogP contribution is 2.45. The van der Waals surface area contributed by atoms with Crippen molar-refractivity contribution < 1.29 is 4.74 Å². The van der Waals surface area contributed by atoms with E-state index >= 15 is 0 Å². The van der Waals surface area contributed by atoms with Crippen LogP contribution in [-0.4, -0.2) is 69.3 Å². The van der Waals surface area contributed by atoms with Gasteiger partial charge in [-0.1, -0.05) is 41.4 Å². The van der Waals surface area contributed by atoms with Gasteiger partial charge in [-0.2, -0.15) is 5.10 Å². The van der Waals surface area contributed by atoms with Gasteiger partial charge in [-0.15, -0.1) is 11.3 Å². The fraction of sp³-hybridized carbons (Fsp3) is 0.323. The Morgan fingerprint density at radius 2 is 1.83 bits per heavy atom. The number of aryl methyl sites for hydroxylation is 2. The highest BCUT2D eigenvalue weighted by Gasteiger charge is 2.26. The van der Waals surface area contributed by atoms with Crippen molar-refractivity contribution in [3.8, 4) is 16.2 Å². The molecule has 2 aliphatic rings. The van der Waals surface area contributed by atoms with Gasteiger partial charge in [-0.3, -0.25) is 9.58 Å². The average molecular weight is 621 g/mol. The average Bonchev–Trinajstić information content (AvgIpc) is 3.59. The minimum atomic E-state index is 0.341. The van der Waals surface area contributed by atoms with E-state index in [0.717, 1.165) is 79.4 Å². The Kier molecular flexibility index (Phi) is 7.77. The smallest absolute Gasteiger partial charge is 0.142 e. The number of thiophene rings is 1. The van der Waals surface area contributed by atoms with Gasteiger partial charge in [0.15, 0.2) is 0 Å². The predicted molar refractivity (Wildman–Crippen MR) is 170 cm³/mol. The van der Waals surface area contributed by atoms with Gasteiger partial charge in [0.25, 0.3) is 0 Å². The minimum Gasteiger partial charge on any atom is -0.487 e. The van der Waals surface area contributed by atoms with Crippen LogP contribution in [-0.2, 0) is 26.0 Å². The Hall–Kier alpha value is -3.21. The van der Waals surface area contributed by atoms with Crippen LogP contribution < -0.4 is 10.1 Å². The molecule has 0 spiro atoms. The van der Waals surface area contributed by atoms with Crippen LogP contribution in [0.4, 0.5) is 11.5 Å². The summed E-state index contributed by atoms with van der Waals surface area (Å²) in [7, 11) is 2.19. The van der Waals surface area contributed by atoms with Crippen molar-refractivity contribution in [1.29, 1.82) is 0 Å². The fourth-order valence-corrected chi connectivity index (χ4v) is 7.30. The van der Waals surface area contributed by atoms with Gasteiger partial charge >= 0.3 is 0 Å². The third kappa shape index (κ3) is 5.59. The number of piperazine rings is 1. The maximum absolute atomic E-state index is 6.61. The summed E-state index contributed by atoms with van der Waals surface area (Å²) in [6.45, 7) is 6.78. The number of ether oxygens (including phenoxy) is 1. The number of fused-ring (bicyclic) bond motifs is 5. The zero-order valence-corrected chi connectivity index (χ0v) is 25.6. The summed E-state index contributed by atoms with van der Waals surface area (Å²) in [5.74, 6) is 1.38. The van der Waals surface area contributed by atoms with Gasteiger partial charge in [0.2, 0.25) is 0 Å². The van der Waals surface area contributed by atoms with Crippen molar-refractivity contribution in [3.63, 3.8) is 0 Å². The number of aromatic nitrogens is 4. The van der Waals surface area contributed by atoms with Crippen molar-refractivity contribution in [2.45, 2.75) is 26.0 Å². The number of nitrogens with one attached hydrogen (secondary N) is 1. The lowest BCUT2D eigenvalue weighted by molar-refractivity contribution is 0.148. The van der Waals surface area contributed by atoms with Crippen molar-refractivity contribution in [1.82, 2.24) is 29.5 Å². The molecule has 0 atom stereocenters. The predicted octanol–water partition coefficient (Wildman–Crippen LogP) is 6.53. The molecule has 8 nitrogen and oxygen atoms in total. The van der Waals surface area contributed by atoms with E-state index < -0.39 is 0 Å². The van der Waals surface area contributed by atoms with Gasteiger partial charge in [-0.05, 0) is 49.7 Å². The first-order chi connectivity index (χ1) is 20.5. The summed E-state index contributed by atoms with van der Waals surface area (Å²) in [5.41, 5.74) is 5.43. The molecule has 0 saturated carbocycles. The SMILES string of the molecule is CN1CCN(CCn2cc3c(n2)CCc2c-3sc3ncnc(Nc4ccc(OCc5ccccc5Cl)c(Cl)c4)c23)CC1. The molecule has 5 aromatic rings. The molecule has 1 N–H and O–H groups in total. The Morgan fingerprint density at radius 3 is 2.67 bits per heavy atom. The third-order valence-electron chi connectivity index (χ3n) is 8.06. The maximum atomic E-state index is 6.61. The first kappa shape index (κ1) is 27.6. The van der Waals surface area contributed by atoms with Gasteiger partial charge < -0.3 is 15.0 Å². The summed E-state index contributed by atoms with van der Waals surface area (Å²) >= 11 is 14.6. The summed E-state index contributed by atoms with van der Waals surface area (Å²) in [5, 5.41) is 10.7. The lowest BCUT2D eigenvalue weighted by atomic mass is 9.95. The van der Waals surface area contributed by atoms with Crippen LogP contribution in [0.15, 0.2) is 55.0 Å². The van der Waals surface area contributed by atoms with E-state index in [9.17, 15) is 0 Å². The van der Waals surface area contributed by atoms with Crippen LogP contribution in [0, 0.1) is 0 Å². The number of likely N-dealkylation sites (N-methyl/N-ethyl adjacent to an activating group) is 1. The Morgan fingerprint density at radius 1 is 0.976 bits per heavy atom. The van der Waals surface area contributed by atoms with Crippen molar-refractivity contribution in [2.24, 2.45) is 0 Å². The lowest BCUT2D eigenvalue weighted by Crippen LogP contribution is -2.45. The molecule has 0 amide bonds. The number of hydrogen-bond donors (Lipinski definition) is 1. The molecule has 7 rings (SSSR count). The van der Waals surface area contributed by atoms with Crippen LogP contribution in [0.5, 0.6) is 5.75 Å². The monoisotopic (exact) mass is 619 g/mol. The highest BCUT2D eigenvalue weighted by atomic mass is 35.5. The number of anilines is 2. The van der Waals surface area contributed by atoms with Crippen molar-refractivity contribution >= 4 is 56.3 Å². The van der Waals surface area contributed by atoms with Crippen LogP contribution in [0.2, 0.25) is 10.0 Å².